The Morgan fingerprint density at radius 2 is 1.72 bits per heavy atom. The predicted octanol–water partition coefficient (Wildman–Crippen LogP) is 2.54. The number of carbonyl (C=O) groups excluding carboxylic acids is 1. The first-order valence-corrected chi connectivity index (χ1v) is 10.3. The molecule has 2 amide bonds. The zero-order valence-corrected chi connectivity index (χ0v) is 16.4. The number of rotatable bonds is 5. The first-order chi connectivity index (χ1) is 13.8. The van der Waals surface area contributed by atoms with E-state index in [9.17, 15) is 23.1 Å². The number of amides is 2. The molecule has 0 aromatic heterocycles. The standard InChI is InChI=1S/C20H21N3O5S/c1-2-19(24)21-16-8-10-17(11-9-16)29(27,28)22-12-13-23(20(25)26)18(14-22)15-6-4-3-5-7-15/h2-11,18H,1,12-14H2,(H,21,24)(H,25,26). The Morgan fingerprint density at radius 1 is 1.07 bits per heavy atom. The molecule has 2 aromatic carbocycles. The second-order valence-electron chi connectivity index (χ2n) is 6.48. The van der Waals surface area contributed by atoms with Crippen LogP contribution in [0.4, 0.5) is 10.5 Å². The smallest absolute Gasteiger partial charge is 0.407 e. The number of nitrogens with zero attached hydrogens (tertiary/aromatic N) is 2. The molecule has 1 aliphatic heterocycles. The van der Waals surface area contributed by atoms with Gasteiger partial charge < -0.3 is 10.4 Å². The summed E-state index contributed by atoms with van der Waals surface area (Å²) in [6.07, 6.45) is 0.0364. The molecule has 1 unspecified atom stereocenters. The predicted molar refractivity (Wildman–Crippen MR) is 108 cm³/mol. The summed E-state index contributed by atoms with van der Waals surface area (Å²) in [5.74, 6) is -0.392. The van der Waals surface area contributed by atoms with Crippen LogP contribution in [0.5, 0.6) is 0 Å². The van der Waals surface area contributed by atoms with Crippen molar-refractivity contribution in [3.63, 3.8) is 0 Å². The van der Waals surface area contributed by atoms with E-state index >= 15 is 0 Å². The molecule has 0 aliphatic carbocycles. The molecular weight excluding hydrogens is 394 g/mol. The van der Waals surface area contributed by atoms with Crippen LogP contribution < -0.4 is 5.32 Å². The molecule has 9 heteroatoms. The van der Waals surface area contributed by atoms with Gasteiger partial charge in [-0.15, -0.1) is 0 Å². The van der Waals surface area contributed by atoms with Crippen molar-refractivity contribution < 1.29 is 23.1 Å². The van der Waals surface area contributed by atoms with Gasteiger partial charge in [0.2, 0.25) is 15.9 Å². The van der Waals surface area contributed by atoms with Crippen LogP contribution >= 0.6 is 0 Å². The van der Waals surface area contributed by atoms with Gasteiger partial charge in [-0.2, -0.15) is 4.31 Å². The van der Waals surface area contributed by atoms with Crippen molar-refractivity contribution in [3.8, 4) is 0 Å². The minimum atomic E-state index is -3.82. The van der Waals surface area contributed by atoms with E-state index < -0.39 is 28.1 Å². The highest BCUT2D eigenvalue weighted by atomic mass is 32.2. The van der Waals surface area contributed by atoms with Crippen LogP contribution in [0, 0.1) is 0 Å². The third-order valence-electron chi connectivity index (χ3n) is 4.72. The van der Waals surface area contributed by atoms with Crippen LogP contribution in [0.15, 0.2) is 72.1 Å². The summed E-state index contributed by atoms with van der Waals surface area (Å²) in [5.41, 5.74) is 1.18. The van der Waals surface area contributed by atoms with Crippen LogP contribution in [-0.4, -0.2) is 54.4 Å². The zero-order valence-electron chi connectivity index (χ0n) is 15.6. The van der Waals surface area contributed by atoms with Gasteiger partial charge in [0.25, 0.3) is 0 Å². The molecule has 2 N–H and O–H groups in total. The number of hydrogen-bond donors (Lipinski definition) is 2. The maximum atomic E-state index is 13.1. The average molecular weight is 415 g/mol. The third-order valence-corrected chi connectivity index (χ3v) is 6.60. The van der Waals surface area contributed by atoms with E-state index in [4.69, 9.17) is 0 Å². The number of anilines is 1. The number of carboxylic acid groups (broad SMARTS) is 1. The third kappa shape index (κ3) is 4.47. The number of hydrogen-bond acceptors (Lipinski definition) is 4. The van der Waals surface area contributed by atoms with Gasteiger partial charge in [0, 0.05) is 25.3 Å². The normalized spacial score (nSPS) is 17.5. The number of carbonyl (C=O) groups is 2. The first-order valence-electron chi connectivity index (χ1n) is 8.91. The fraction of sp³-hybridized carbons (Fsp3) is 0.200. The summed E-state index contributed by atoms with van der Waals surface area (Å²) in [5, 5.41) is 12.1. The van der Waals surface area contributed by atoms with Crippen molar-refractivity contribution in [1.82, 2.24) is 9.21 Å². The fourth-order valence-electron chi connectivity index (χ4n) is 3.22. The molecule has 0 bridgehead atoms. The average Bonchev–Trinajstić information content (AvgIpc) is 2.74. The number of benzene rings is 2. The van der Waals surface area contributed by atoms with Crippen molar-refractivity contribution in [2.24, 2.45) is 0 Å². The van der Waals surface area contributed by atoms with Gasteiger partial charge in [-0.3, -0.25) is 9.69 Å². The molecule has 1 heterocycles. The van der Waals surface area contributed by atoms with E-state index in [1.807, 2.05) is 6.07 Å². The Labute approximate surface area is 169 Å². The number of sulfonamides is 1. The molecule has 152 valence electrons. The zero-order chi connectivity index (χ0) is 21.0. The van der Waals surface area contributed by atoms with Gasteiger partial charge in [0.05, 0.1) is 10.9 Å². The van der Waals surface area contributed by atoms with Crippen LogP contribution in [0.25, 0.3) is 0 Å². The largest absolute Gasteiger partial charge is 0.465 e. The highest BCUT2D eigenvalue weighted by Gasteiger charge is 2.37. The van der Waals surface area contributed by atoms with Crippen molar-refractivity contribution >= 4 is 27.7 Å². The Hall–Kier alpha value is -3.17. The lowest BCUT2D eigenvalue weighted by atomic mass is 10.0. The van der Waals surface area contributed by atoms with Crippen LogP contribution in [0.1, 0.15) is 11.6 Å². The summed E-state index contributed by atoms with van der Waals surface area (Å²) in [6.45, 7) is 3.52. The first kappa shape index (κ1) is 20.6. The van der Waals surface area contributed by atoms with Crippen molar-refractivity contribution in [2.75, 3.05) is 25.0 Å². The van der Waals surface area contributed by atoms with E-state index in [1.54, 1.807) is 24.3 Å². The second kappa shape index (κ2) is 8.46. The highest BCUT2D eigenvalue weighted by molar-refractivity contribution is 7.89. The summed E-state index contributed by atoms with van der Waals surface area (Å²) in [6, 6.07) is 14.2. The molecule has 0 spiro atoms. The van der Waals surface area contributed by atoms with Crippen LogP contribution in [-0.2, 0) is 14.8 Å². The maximum Gasteiger partial charge on any atom is 0.407 e. The maximum absolute atomic E-state index is 13.1. The quantitative estimate of drug-likeness (QED) is 0.730. The Morgan fingerprint density at radius 3 is 2.31 bits per heavy atom. The van der Waals surface area contributed by atoms with Gasteiger partial charge in [-0.1, -0.05) is 36.9 Å². The summed E-state index contributed by atoms with van der Waals surface area (Å²) in [4.78, 5) is 24.3. The Balaban J connectivity index is 1.84. The number of piperazine rings is 1. The molecular formula is C20H21N3O5S. The summed E-state index contributed by atoms with van der Waals surface area (Å²) < 4.78 is 27.5. The highest BCUT2D eigenvalue weighted by Crippen LogP contribution is 2.29. The Kier molecular flexibility index (Phi) is 6.00. The van der Waals surface area contributed by atoms with Gasteiger partial charge >= 0.3 is 6.09 Å². The lowest BCUT2D eigenvalue weighted by Gasteiger charge is -2.39. The lowest BCUT2D eigenvalue weighted by molar-refractivity contribution is -0.111. The topological polar surface area (TPSA) is 107 Å². The van der Waals surface area contributed by atoms with Crippen molar-refractivity contribution in [2.45, 2.75) is 10.9 Å². The van der Waals surface area contributed by atoms with Crippen LogP contribution in [0.3, 0.4) is 0 Å². The van der Waals surface area contributed by atoms with Crippen molar-refractivity contribution in [3.05, 3.63) is 72.8 Å². The molecule has 0 radical (unpaired) electrons. The molecule has 8 nitrogen and oxygen atoms in total. The minimum absolute atomic E-state index is 0.0214. The second-order valence-corrected chi connectivity index (χ2v) is 8.42. The summed E-state index contributed by atoms with van der Waals surface area (Å²) in [7, 11) is -3.82. The van der Waals surface area contributed by atoms with E-state index in [-0.39, 0.29) is 24.5 Å². The SMILES string of the molecule is C=CC(=O)Nc1ccc(S(=O)(=O)N2CCN(C(=O)O)C(c3ccccc3)C2)cc1. The molecule has 2 aromatic rings. The molecule has 3 rings (SSSR count). The fourth-order valence-corrected chi connectivity index (χ4v) is 4.66. The molecule has 29 heavy (non-hydrogen) atoms. The van der Waals surface area contributed by atoms with E-state index in [1.165, 1.54) is 33.5 Å². The van der Waals surface area contributed by atoms with Gasteiger partial charge in [0.1, 0.15) is 0 Å². The molecule has 1 saturated heterocycles. The van der Waals surface area contributed by atoms with Crippen molar-refractivity contribution in [1.29, 1.82) is 0 Å². The van der Waals surface area contributed by atoms with Gasteiger partial charge in [-0.05, 0) is 35.9 Å². The van der Waals surface area contributed by atoms with Gasteiger partial charge in [-0.25, -0.2) is 13.2 Å². The van der Waals surface area contributed by atoms with Crippen LogP contribution in [0.2, 0.25) is 0 Å². The molecule has 1 atom stereocenters. The van der Waals surface area contributed by atoms with Gasteiger partial charge in [0.15, 0.2) is 0 Å². The molecule has 0 saturated carbocycles. The monoisotopic (exact) mass is 415 g/mol. The Bertz CT molecular complexity index is 1010. The molecule has 1 fully saturated rings. The minimum Gasteiger partial charge on any atom is -0.465 e. The number of nitrogens with one attached hydrogen (secondary N) is 1. The lowest BCUT2D eigenvalue weighted by Crippen LogP contribution is -2.51. The van der Waals surface area contributed by atoms with E-state index in [2.05, 4.69) is 11.9 Å². The summed E-state index contributed by atoms with van der Waals surface area (Å²) >= 11 is 0. The van der Waals surface area contributed by atoms with E-state index in [0.29, 0.717) is 5.69 Å². The van der Waals surface area contributed by atoms with E-state index in [0.717, 1.165) is 11.6 Å². The molecule has 1 aliphatic rings.